The molecule has 82 valence electrons. The summed E-state index contributed by atoms with van der Waals surface area (Å²) in [5.74, 6) is -0.409. The molecular weight excluding hydrogens is 205 g/mol. The molecule has 2 N–H and O–H groups in total. The van der Waals surface area contributed by atoms with Crippen LogP contribution in [0.15, 0.2) is 42.7 Å². The molecular formula is C12H12FN3. The number of halogens is 1. The van der Waals surface area contributed by atoms with Crippen LogP contribution in [0.5, 0.6) is 0 Å². The summed E-state index contributed by atoms with van der Waals surface area (Å²) >= 11 is 0. The summed E-state index contributed by atoms with van der Waals surface area (Å²) in [4.78, 5) is 5.80. The third-order valence-electron chi connectivity index (χ3n) is 2.42. The van der Waals surface area contributed by atoms with Gasteiger partial charge >= 0.3 is 0 Å². The highest BCUT2D eigenvalue weighted by Crippen LogP contribution is 2.29. The van der Waals surface area contributed by atoms with E-state index in [9.17, 15) is 4.39 Å². The van der Waals surface area contributed by atoms with Gasteiger partial charge < -0.3 is 10.6 Å². The average Bonchev–Trinajstić information content (AvgIpc) is 2.33. The molecule has 0 atom stereocenters. The van der Waals surface area contributed by atoms with Gasteiger partial charge in [-0.2, -0.15) is 0 Å². The highest BCUT2D eigenvalue weighted by Gasteiger charge is 2.10. The van der Waals surface area contributed by atoms with E-state index in [1.54, 1.807) is 29.4 Å². The van der Waals surface area contributed by atoms with Gasteiger partial charge in [0.1, 0.15) is 5.82 Å². The summed E-state index contributed by atoms with van der Waals surface area (Å²) in [6, 6.07) is 8.45. The Hall–Kier alpha value is -2.10. The molecule has 1 heterocycles. The highest BCUT2D eigenvalue weighted by atomic mass is 19.1. The first kappa shape index (κ1) is 10.4. The molecule has 0 aliphatic heterocycles. The Morgan fingerprint density at radius 1 is 1.25 bits per heavy atom. The average molecular weight is 217 g/mol. The van der Waals surface area contributed by atoms with Crippen LogP contribution in [0.3, 0.4) is 0 Å². The van der Waals surface area contributed by atoms with E-state index in [0.29, 0.717) is 5.69 Å². The second kappa shape index (κ2) is 4.18. The Kier molecular flexibility index (Phi) is 2.72. The first-order valence-electron chi connectivity index (χ1n) is 4.88. The maximum atomic E-state index is 13.3. The van der Waals surface area contributed by atoms with Gasteiger partial charge in [-0.05, 0) is 24.3 Å². The maximum absolute atomic E-state index is 13.3. The summed E-state index contributed by atoms with van der Waals surface area (Å²) in [5.41, 5.74) is 7.32. The SMILES string of the molecule is CN(c1cccnc1)c1cccc(F)c1N. The van der Waals surface area contributed by atoms with Crippen molar-refractivity contribution in [1.82, 2.24) is 4.98 Å². The van der Waals surface area contributed by atoms with Gasteiger partial charge in [0.05, 0.1) is 23.3 Å². The Morgan fingerprint density at radius 2 is 2.06 bits per heavy atom. The van der Waals surface area contributed by atoms with Crippen molar-refractivity contribution in [2.45, 2.75) is 0 Å². The van der Waals surface area contributed by atoms with Crippen molar-refractivity contribution in [3.05, 3.63) is 48.5 Å². The number of hydrogen-bond acceptors (Lipinski definition) is 3. The van der Waals surface area contributed by atoms with Crippen molar-refractivity contribution in [2.75, 3.05) is 17.7 Å². The molecule has 2 aromatic rings. The summed E-state index contributed by atoms with van der Waals surface area (Å²) < 4.78 is 13.3. The first-order valence-corrected chi connectivity index (χ1v) is 4.88. The molecule has 0 bridgehead atoms. The fourth-order valence-corrected chi connectivity index (χ4v) is 1.51. The number of pyridine rings is 1. The summed E-state index contributed by atoms with van der Waals surface area (Å²) in [5, 5.41) is 0. The van der Waals surface area contributed by atoms with E-state index in [0.717, 1.165) is 5.69 Å². The van der Waals surface area contributed by atoms with E-state index in [2.05, 4.69) is 4.98 Å². The van der Waals surface area contributed by atoms with Crippen LogP contribution in [0.4, 0.5) is 21.5 Å². The van der Waals surface area contributed by atoms with E-state index in [4.69, 9.17) is 5.73 Å². The topological polar surface area (TPSA) is 42.2 Å². The molecule has 0 fully saturated rings. The molecule has 0 radical (unpaired) electrons. The molecule has 0 aliphatic carbocycles. The number of nitrogens with two attached hydrogens (primary N) is 1. The summed E-state index contributed by atoms with van der Waals surface area (Å²) in [7, 11) is 1.82. The van der Waals surface area contributed by atoms with Crippen LogP contribution in [-0.2, 0) is 0 Å². The van der Waals surface area contributed by atoms with Crippen molar-refractivity contribution in [3.63, 3.8) is 0 Å². The summed E-state index contributed by atoms with van der Waals surface area (Å²) in [6.45, 7) is 0. The third kappa shape index (κ3) is 1.82. The Morgan fingerprint density at radius 3 is 2.75 bits per heavy atom. The molecule has 0 saturated heterocycles. The lowest BCUT2D eigenvalue weighted by atomic mass is 10.2. The normalized spacial score (nSPS) is 10.1. The van der Waals surface area contributed by atoms with Crippen molar-refractivity contribution in [1.29, 1.82) is 0 Å². The molecule has 0 amide bonds. The third-order valence-corrected chi connectivity index (χ3v) is 2.42. The fourth-order valence-electron chi connectivity index (χ4n) is 1.51. The van der Waals surface area contributed by atoms with Gasteiger partial charge in [0.2, 0.25) is 0 Å². The zero-order valence-corrected chi connectivity index (χ0v) is 8.89. The molecule has 16 heavy (non-hydrogen) atoms. The molecule has 0 saturated carbocycles. The van der Waals surface area contributed by atoms with Gasteiger partial charge in [-0.25, -0.2) is 4.39 Å². The van der Waals surface area contributed by atoms with E-state index in [1.807, 2.05) is 19.2 Å². The van der Waals surface area contributed by atoms with Crippen LogP contribution in [0.25, 0.3) is 0 Å². The standard InChI is InChI=1S/C12H12FN3/c1-16(9-4-3-7-15-8-9)11-6-2-5-10(13)12(11)14/h2-8H,14H2,1H3. The lowest BCUT2D eigenvalue weighted by molar-refractivity contribution is 0.632. The minimum Gasteiger partial charge on any atom is -0.395 e. The predicted molar refractivity (Wildman–Crippen MR) is 63.1 cm³/mol. The fraction of sp³-hybridized carbons (Fsp3) is 0.0833. The van der Waals surface area contributed by atoms with Gasteiger partial charge in [0.25, 0.3) is 0 Å². The van der Waals surface area contributed by atoms with Crippen LogP contribution in [0.2, 0.25) is 0 Å². The minimum absolute atomic E-state index is 0.147. The zero-order valence-electron chi connectivity index (χ0n) is 8.89. The smallest absolute Gasteiger partial charge is 0.148 e. The molecule has 0 spiro atoms. The number of para-hydroxylation sites is 1. The van der Waals surface area contributed by atoms with Crippen LogP contribution in [-0.4, -0.2) is 12.0 Å². The second-order valence-corrected chi connectivity index (χ2v) is 3.44. The number of rotatable bonds is 2. The van der Waals surface area contributed by atoms with Gasteiger partial charge in [-0.3, -0.25) is 4.98 Å². The predicted octanol–water partition coefficient (Wildman–Crippen LogP) is 2.57. The minimum atomic E-state index is -0.409. The van der Waals surface area contributed by atoms with Gasteiger partial charge in [0, 0.05) is 13.2 Å². The number of aromatic nitrogens is 1. The lowest BCUT2D eigenvalue weighted by Gasteiger charge is -2.20. The van der Waals surface area contributed by atoms with Crippen molar-refractivity contribution in [3.8, 4) is 0 Å². The quantitative estimate of drug-likeness (QED) is 0.786. The Bertz CT molecular complexity index is 485. The molecule has 1 aromatic heterocycles. The highest BCUT2D eigenvalue weighted by molar-refractivity contribution is 5.74. The molecule has 2 rings (SSSR count). The zero-order chi connectivity index (χ0) is 11.5. The Balaban J connectivity index is 2.42. The van der Waals surface area contributed by atoms with E-state index in [1.165, 1.54) is 6.07 Å². The van der Waals surface area contributed by atoms with Gasteiger partial charge in [0.15, 0.2) is 0 Å². The van der Waals surface area contributed by atoms with E-state index < -0.39 is 5.82 Å². The molecule has 1 aromatic carbocycles. The molecule has 3 nitrogen and oxygen atoms in total. The Labute approximate surface area is 93.3 Å². The second-order valence-electron chi connectivity index (χ2n) is 3.44. The van der Waals surface area contributed by atoms with Crippen molar-refractivity contribution < 1.29 is 4.39 Å². The first-order chi connectivity index (χ1) is 7.70. The van der Waals surface area contributed by atoms with Gasteiger partial charge in [-0.1, -0.05) is 6.07 Å². The molecule has 0 aliphatic rings. The van der Waals surface area contributed by atoms with Crippen molar-refractivity contribution in [2.24, 2.45) is 0 Å². The van der Waals surface area contributed by atoms with E-state index in [-0.39, 0.29) is 5.69 Å². The van der Waals surface area contributed by atoms with Crippen LogP contribution in [0.1, 0.15) is 0 Å². The maximum Gasteiger partial charge on any atom is 0.148 e. The van der Waals surface area contributed by atoms with Crippen LogP contribution < -0.4 is 10.6 Å². The number of hydrogen-bond donors (Lipinski definition) is 1. The number of nitrogen functional groups attached to an aromatic ring is 1. The van der Waals surface area contributed by atoms with Crippen molar-refractivity contribution >= 4 is 17.1 Å². The molecule has 0 unspecified atom stereocenters. The monoisotopic (exact) mass is 217 g/mol. The van der Waals surface area contributed by atoms with Crippen LogP contribution >= 0.6 is 0 Å². The number of benzene rings is 1. The van der Waals surface area contributed by atoms with Gasteiger partial charge in [-0.15, -0.1) is 0 Å². The molecule has 4 heteroatoms. The number of anilines is 3. The lowest BCUT2D eigenvalue weighted by Crippen LogP contribution is -2.12. The summed E-state index contributed by atoms with van der Waals surface area (Å²) in [6.07, 6.45) is 3.39. The number of nitrogens with zero attached hydrogens (tertiary/aromatic N) is 2. The largest absolute Gasteiger partial charge is 0.395 e. The van der Waals surface area contributed by atoms with E-state index >= 15 is 0 Å². The van der Waals surface area contributed by atoms with Crippen LogP contribution in [0, 0.1) is 5.82 Å².